The van der Waals surface area contributed by atoms with Gasteiger partial charge in [-0.3, -0.25) is 4.99 Å². The van der Waals surface area contributed by atoms with Gasteiger partial charge in [0.2, 0.25) is 0 Å². The zero-order valence-electron chi connectivity index (χ0n) is 11.0. The quantitative estimate of drug-likeness (QED) is 0.470. The van der Waals surface area contributed by atoms with Crippen molar-refractivity contribution in [1.29, 1.82) is 0 Å². The predicted octanol–water partition coefficient (Wildman–Crippen LogP) is 4.29. The molecule has 0 aromatic carbocycles. The van der Waals surface area contributed by atoms with Crippen molar-refractivity contribution in [3.63, 3.8) is 0 Å². The van der Waals surface area contributed by atoms with E-state index in [0.717, 1.165) is 17.4 Å². The lowest BCUT2D eigenvalue weighted by Gasteiger charge is -1.96. The molecule has 2 bridgehead atoms. The number of fused-ring (bicyclic) bond motifs is 2. The van der Waals surface area contributed by atoms with Crippen LogP contribution >= 0.6 is 0 Å². The van der Waals surface area contributed by atoms with Gasteiger partial charge in [0.25, 0.3) is 0 Å². The van der Waals surface area contributed by atoms with Crippen LogP contribution in [0.1, 0.15) is 40.5 Å². The van der Waals surface area contributed by atoms with Gasteiger partial charge in [0, 0.05) is 6.20 Å². The highest BCUT2D eigenvalue weighted by Gasteiger charge is 2.25. The van der Waals surface area contributed by atoms with Crippen molar-refractivity contribution in [3.8, 4) is 0 Å². The van der Waals surface area contributed by atoms with Gasteiger partial charge in [0.15, 0.2) is 0 Å². The molecule has 1 aliphatic heterocycles. The summed E-state index contributed by atoms with van der Waals surface area (Å²) in [7, 11) is 0. The van der Waals surface area contributed by atoms with Gasteiger partial charge in [-0.05, 0) is 62.7 Å². The van der Waals surface area contributed by atoms with Crippen LogP contribution in [0.3, 0.4) is 0 Å². The molecule has 2 aliphatic carbocycles. The molecule has 0 N–H and O–H groups in total. The van der Waals surface area contributed by atoms with Crippen LogP contribution in [0.4, 0.5) is 0 Å². The largest absolute Gasteiger partial charge is 0.260 e. The number of carbonyl (C=O) groups excluding carboxylic acids is 1. The first kappa shape index (κ1) is 15.4. The molecule has 3 aliphatic rings. The maximum atomic E-state index is 10.4. The fourth-order valence-electron chi connectivity index (χ4n) is 2.54. The van der Waals surface area contributed by atoms with E-state index in [4.69, 9.17) is 0 Å². The molecule has 0 aromatic rings. The Morgan fingerprint density at radius 3 is 2.26 bits per heavy atom. The summed E-state index contributed by atoms with van der Waals surface area (Å²) in [5.41, 5.74) is 2.27. The summed E-state index contributed by atoms with van der Waals surface area (Å²) in [4.78, 5) is 14.4. The number of allylic oxidation sites excluding steroid dienone is 6. The van der Waals surface area contributed by atoms with Gasteiger partial charge in [0.1, 0.15) is 5.94 Å². The van der Waals surface area contributed by atoms with Crippen molar-refractivity contribution < 1.29 is 4.79 Å². The van der Waals surface area contributed by atoms with Crippen molar-refractivity contribution in [2.45, 2.75) is 40.5 Å². The Morgan fingerprint density at radius 1 is 1.21 bits per heavy atom. The van der Waals surface area contributed by atoms with Crippen molar-refractivity contribution in [3.05, 3.63) is 41.7 Å². The lowest BCUT2D eigenvalue weighted by atomic mass is 10.1. The molecule has 1 saturated carbocycles. The van der Waals surface area contributed by atoms with Crippen LogP contribution in [0, 0.1) is 11.8 Å². The van der Waals surface area contributed by atoms with Crippen LogP contribution < -0.4 is 0 Å². The van der Waals surface area contributed by atoms with Crippen molar-refractivity contribution >= 4 is 11.7 Å². The second-order valence-corrected chi connectivity index (χ2v) is 5.15. The first-order valence-corrected chi connectivity index (χ1v) is 6.52. The normalized spacial score (nSPS) is 26.5. The van der Waals surface area contributed by atoms with Crippen LogP contribution in [0.25, 0.3) is 0 Å². The third-order valence-corrected chi connectivity index (χ3v) is 3.65. The Morgan fingerprint density at radius 2 is 1.84 bits per heavy atom. The molecule has 1 fully saturated rings. The van der Waals surface area contributed by atoms with Crippen LogP contribution in [0.5, 0.6) is 0 Å². The maximum absolute atomic E-state index is 10.4. The average molecular weight is 257 g/mol. The topological polar surface area (TPSA) is 29.4 Å². The van der Waals surface area contributed by atoms with Gasteiger partial charge in [0.05, 0.1) is 11.3 Å². The van der Waals surface area contributed by atoms with Crippen LogP contribution in [0.2, 0.25) is 0 Å². The van der Waals surface area contributed by atoms with E-state index >= 15 is 0 Å². The third-order valence-electron chi connectivity index (χ3n) is 3.65. The Bertz CT molecular complexity index is 475. The molecule has 1 heterocycles. The number of hydrogen-bond acceptors (Lipinski definition) is 2. The molecule has 0 radical (unpaired) electrons. The van der Waals surface area contributed by atoms with E-state index in [-0.39, 0.29) is 7.43 Å². The van der Waals surface area contributed by atoms with Gasteiger partial charge in [-0.1, -0.05) is 19.6 Å². The molecule has 2 heteroatoms. The van der Waals surface area contributed by atoms with Crippen molar-refractivity contribution in [1.82, 2.24) is 0 Å². The summed E-state index contributed by atoms with van der Waals surface area (Å²) >= 11 is 0. The SMILES string of the molecule is C.C1=CC2CCC1C2.CC1=CC(=C=O)C(C)=NC=C1. The van der Waals surface area contributed by atoms with Gasteiger partial charge < -0.3 is 0 Å². The van der Waals surface area contributed by atoms with Gasteiger partial charge in [-0.25, -0.2) is 4.79 Å². The Labute approximate surface area is 116 Å². The minimum Gasteiger partial charge on any atom is -0.260 e. The highest BCUT2D eigenvalue weighted by Crippen LogP contribution is 2.38. The van der Waals surface area contributed by atoms with Gasteiger partial charge >= 0.3 is 0 Å². The molecule has 19 heavy (non-hydrogen) atoms. The molecular formula is C17H23NO. The molecule has 2 atom stereocenters. The summed E-state index contributed by atoms with van der Waals surface area (Å²) in [6.07, 6.45) is 14.5. The third kappa shape index (κ3) is 4.18. The van der Waals surface area contributed by atoms with Crippen LogP contribution in [-0.4, -0.2) is 11.7 Å². The van der Waals surface area contributed by atoms with E-state index in [1.54, 1.807) is 19.2 Å². The van der Waals surface area contributed by atoms with E-state index in [9.17, 15) is 4.79 Å². The number of aliphatic imine (C=N–C) groups is 1. The molecule has 102 valence electrons. The number of rotatable bonds is 0. The summed E-state index contributed by atoms with van der Waals surface area (Å²) in [6.45, 7) is 3.71. The summed E-state index contributed by atoms with van der Waals surface area (Å²) < 4.78 is 0. The lowest BCUT2D eigenvalue weighted by molar-refractivity contribution is 0.568. The molecule has 0 saturated heterocycles. The molecule has 2 nitrogen and oxygen atoms in total. The summed E-state index contributed by atoms with van der Waals surface area (Å²) in [5.74, 6) is 3.83. The number of hydrogen-bond donors (Lipinski definition) is 0. The van der Waals surface area contributed by atoms with Crippen LogP contribution in [-0.2, 0) is 4.79 Å². The van der Waals surface area contributed by atoms with Crippen molar-refractivity contribution in [2.75, 3.05) is 0 Å². The monoisotopic (exact) mass is 257 g/mol. The van der Waals surface area contributed by atoms with E-state index in [1.807, 2.05) is 18.9 Å². The fourth-order valence-corrected chi connectivity index (χ4v) is 2.54. The molecular weight excluding hydrogens is 234 g/mol. The Balaban J connectivity index is 0.000000194. The standard InChI is InChI=1S/C9H9NO.C7H10.CH4/c1-7-3-4-10-8(2)9(5-7)6-11;1-2-7-4-3-6(1)5-7;/h3-5H,1-2H3;1-2,6-7H,3-5H2;1H4. The zero-order valence-corrected chi connectivity index (χ0v) is 11.0. The minimum absolute atomic E-state index is 0. The lowest BCUT2D eigenvalue weighted by Crippen LogP contribution is -1.93. The Hall–Kier alpha value is -1.66. The molecule has 2 unspecified atom stereocenters. The van der Waals surface area contributed by atoms with E-state index in [2.05, 4.69) is 17.1 Å². The second-order valence-electron chi connectivity index (χ2n) is 5.15. The first-order chi connectivity index (χ1) is 8.69. The van der Waals surface area contributed by atoms with E-state index < -0.39 is 0 Å². The van der Waals surface area contributed by atoms with E-state index in [1.165, 1.54) is 19.3 Å². The van der Waals surface area contributed by atoms with Crippen LogP contribution in [0.15, 0.2) is 46.6 Å². The summed E-state index contributed by atoms with van der Waals surface area (Å²) in [6, 6.07) is 0. The average Bonchev–Trinajstić information content (AvgIpc) is 2.97. The maximum Gasteiger partial charge on any atom is 0.134 e. The molecule has 3 rings (SSSR count). The van der Waals surface area contributed by atoms with Crippen molar-refractivity contribution in [2.24, 2.45) is 16.8 Å². The first-order valence-electron chi connectivity index (χ1n) is 6.52. The zero-order chi connectivity index (χ0) is 13.0. The molecule has 0 spiro atoms. The minimum atomic E-state index is 0. The smallest absolute Gasteiger partial charge is 0.134 e. The summed E-state index contributed by atoms with van der Waals surface area (Å²) in [5, 5.41) is 0. The Kier molecular flexibility index (Phi) is 5.72. The highest BCUT2D eigenvalue weighted by atomic mass is 16.1. The highest BCUT2D eigenvalue weighted by molar-refractivity contribution is 6.07. The van der Waals surface area contributed by atoms with Gasteiger partial charge in [-0.2, -0.15) is 0 Å². The fraction of sp³-hybridized carbons (Fsp3) is 0.471. The predicted molar refractivity (Wildman–Crippen MR) is 81.9 cm³/mol. The molecule has 0 amide bonds. The van der Waals surface area contributed by atoms with E-state index in [0.29, 0.717) is 11.3 Å². The molecule has 0 aromatic heterocycles. The number of nitrogens with zero attached hydrogens (tertiary/aromatic N) is 1. The second kappa shape index (κ2) is 7.06. The van der Waals surface area contributed by atoms with Gasteiger partial charge in [-0.15, -0.1) is 0 Å².